The molecule has 0 fully saturated rings. The fourth-order valence-corrected chi connectivity index (χ4v) is 4.44. The van der Waals surface area contributed by atoms with Crippen LogP contribution in [0.3, 0.4) is 0 Å². The van der Waals surface area contributed by atoms with Gasteiger partial charge in [0.1, 0.15) is 11.8 Å². The lowest BCUT2D eigenvalue weighted by atomic mass is 10.0. The monoisotopic (exact) mass is 534 g/mol. The van der Waals surface area contributed by atoms with Crippen LogP contribution in [0, 0.1) is 0 Å². The van der Waals surface area contributed by atoms with E-state index in [4.69, 9.17) is 16.2 Å². The Hall–Kier alpha value is -2.83. The molecule has 36 heavy (non-hydrogen) atoms. The summed E-state index contributed by atoms with van der Waals surface area (Å²) in [4.78, 5) is 12.2. The highest BCUT2D eigenvalue weighted by Gasteiger charge is 2.72. The van der Waals surface area contributed by atoms with Crippen LogP contribution < -0.4 is 16.2 Å². The Labute approximate surface area is 207 Å². The molecule has 1 unspecified atom stereocenters. The van der Waals surface area contributed by atoms with E-state index in [1.807, 2.05) is 37.3 Å². The number of benzene rings is 2. The van der Waals surface area contributed by atoms with E-state index in [2.05, 4.69) is 4.74 Å². The normalized spacial score (nSPS) is 13.6. The molecule has 0 aliphatic heterocycles. The predicted octanol–water partition coefficient (Wildman–Crippen LogP) is 5.24. The molecule has 1 heterocycles. The molecule has 3 aromatic rings. The average molecular weight is 535 g/mol. The van der Waals surface area contributed by atoms with Gasteiger partial charge in [0.05, 0.1) is 0 Å². The highest BCUT2D eigenvalue weighted by Crippen LogP contribution is 2.46. The van der Waals surface area contributed by atoms with Gasteiger partial charge in [0.25, 0.3) is 0 Å². The second kappa shape index (κ2) is 10.7. The zero-order chi connectivity index (χ0) is 26.7. The molecule has 0 bridgehead atoms. The van der Waals surface area contributed by atoms with Gasteiger partial charge in [-0.1, -0.05) is 31.2 Å². The van der Waals surface area contributed by atoms with Crippen LogP contribution in [-0.2, 0) is 16.0 Å². The molecular weight excluding hydrogens is 510 g/mol. The summed E-state index contributed by atoms with van der Waals surface area (Å²) in [6.07, 6.45) is 0.797. The van der Waals surface area contributed by atoms with Crippen molar-refractivity contribution in [2.24, 2.45) is 11.5 Å². The predicted molar refractivity (Wildman–Crippen MR) is 125 cm³/mol. The molecule has 0 spiro atoms. The molecule has 4 N–H and O–H groups in total. The smallest absolute Gasteiger partial charge is 0.378 e. The minimum Gasteiger partial charge on any atom is -0.487 e. The van der Waals surface area contributed by atoms with Gasteiger partial charge < -0.3 is 20.9 Å². The molecule has 2 aromatic carbocycles. The number of carbonyl (C=O) groups is 1. The Morgan fingerprint density at radius 1 is 1.00 bits per heavy atom. The van der Waals surface area contributed by atoms with Gasteiger partial charge in [0, 0.05) is 16.1 Å². The standard InChI is InChI=1S/C24H24F6N2O3S/c1-2-14-5-3-4-6-17(14)20-9-15-7-8-16(10-19(15)36-20)34-12-22(25,26)24(29,30)23(27,28)13-35-21(33)18(32)11-31/h3-10,18H,2,11-13,31-32H2,1H3. The lowest BCUT2D eigenvalue weighted by Crippen LogP contribution is -2.59. The maximum Gasteiger partial charge on any atom is 0.378 e. The van der Waals surface area contributed by atoms with E-state index < -0.39 is 49.5 Å². The lowest BCUT2D eigenvalue weighted by Gasteiger charge is -2.32. The summed E-state index contributed by atoms with van der Waals surface area (Å²) in [5.41, 5.74) is 12.3. The van der Waals surface area contributed by atoms with Crippen molar-refractivity contribution < 1.29 is 40.6 Å². The zero-order valence-electron chi connectivity index (χ0n) is 19.1. The molecule has 0 amide bonds. The average Bonchev–Trinajstić information content (AvgIpc) is 3.28. The van der Waals surface area contributed by atoms with E-state index in [0.29, 0.717) is 4.70 Å². The van der Waals surface area contributed by atoms with E-state index in [1.165, 1.54) is 23.5 Å². The summed E-state index contributed by atoms with van der Waals surface area (Å²) in [6.45, 7) is -2.83. The number of carbonyl (C=O) groups excluding carboxylic acids is 1. The van der Waals surface area contributed by atoms with Gasteiger partial charge in [0.15, 0.2) is 13.2 Å². The minimum atomic E-state index is -5.89. The van der Waals surface area contributed by atoms with Crippen molar-refractivity contribution in [3.05, 3.63) is 54.1 Å². The van der Waals surface area contributed by atoms with E-state index in [-0.39, 0.29) is 5.75 Å². The van der Waals surface area contributed by atoms with Gasteiger partial charge in [-0.15, -0.1) is 11.3 Å². The van der Waals surface area contributed by atoms with Gasteiger partial charge >= 0.3 is 23.7 Å². The summed E-state index contributed by atoms with van der Waals surface area (Å²) in [6, 6.07) is 12.3. The molecule has 5 nitrogen and oxygen atoms in total. The summed E-state index contributed by atoms with van der Waals surface area (Å²) in [5, 5.41) is 0.773. The van der Waals surface area contributed by atoms with E-state index in [1.54, 1.807) is 6.07 Å². The Morgan fingerprint density at radius 2 is 1.67 bits per heavy atom. The van der Waals surface area contributed by atoms with Crippen molar-refractivity contribution in [3.63, 3.8) is 0 Å². The van der Waals surface area contributed by atoms with Gasteiger partial charge in [-0.25, -0.2) is 0 Å². The number of halogens is 6. The molecule has 1 aromatic heterocycles. The molecule has 0 saturated carbocycles. The number of nitrogens with two attached hydrogens (primary N) is 2. The van der Waals surface area contributed by atoms with Crippen LogP contribution in [0.25, 0.3) is 20.5 Å². The number of aryl methyl sites for hydroxylation is 1. The van der Waals surface area contributed by atoms with Gasteiger partial charge in [0.2, 0.25) is 0 Å². The van der Waals surface area contributed by atoms with Crippen molar-refractivity contribution in [2.45, 2.75) is 37.2 Å². The third kappa shape index (κ3) is 5.60. The first-order valence-corrected chi connectivity index (χ1v) is 11.6. The maximum atomic E-state index is 14.2. The Morgan fingerprint density at radius 3 is 2.33 bits per heavy atom. The van der Waals surface area contributed by atoms with Crippen molar-refractivity contribution in [2.75, 3.05) is 19.8 Å². The summed E-state index contributed by atoms with van der Waals surface area (Å²) < 4.78 is 93.9. The van der Waals surface area contributed by atoms with E-state index in [9.17, 15) is 31.1 Å². The van der Waals surface area contributed by atoms with Crippen LogP contribution in [0.2, 0.25) is 0 Å². The SMILES string of the molecule is CCc1ccccc1-c1cc2ccc(OCC(F)(F)C(F)(F)C(F)(F)COC(=O)C(N)CN)cc2s1. The number of rotatable bonds is 11. The Bertz CT molecular complexity index is 1220. The number of fused-ring (bicyclic) bond motifs is 1. The summed E-state index contributed by atoms with van der Waals surface area (Å²) >= 11 is 1.35. The highest BCUT2D eigenvalue weighted by molar-refractivity contribution is 7.22. The quantitative estimate of drug-likeness (QED) is 0.259. The van der Waals surface area contributed by atoms with Crippen molar-refractivity contribution >= 4 is 27.4 Å². The first-order valence-electron chi connectivity index (χ1n) is 10.8. The molecule has 1 atom stereocenters. The van der Waals surface area contributed by atoms with Crippen molar-refractivity contribution in [1.29, 1.82) is 0 Å². The highest BCUT2D eigenvalue weighted by atomic mass is 32.1. The second-order valence-electron chi connectivity index (χ2n) is 8.04. The van der Waals surface area contributed by atoms with Crippen molar-refractivity contribution in [3.8, 4) is 16.2 Å². The molecule has 0 aliphatic rings. The van der Waals surface area contributed by atoms with Crippen molar-refractivity contribution in [1.82, 2.24) is 0 Å². The fourth-order valence-electron chi connectivity index (χ4n) is 3.29. The Balaban J connectivity index is 1.73. The van der Waals surface area contributed by atoms with Crippen LogP contribution in [0.5, 0.6) is 5.75 Å². The molecule has 196 valence electrons. The number of hydrogen-bond acceptors (Lipinski definition) is 6. The first-order chi connectivity index (χ1) is 16.8. The number of thiophene rings is 1. The van der Waals surface area contributed by atoms with Gasteiger partial charge in [-0.05, 0) is 47.2 Å². The third-order valence-corrected chi connectivity index (χ3v) is 6.58. The first kappa shape index (κ1) is 27.8. The van der Waals surface area contributed by atoms with E-state index in [0.717, 1.165) is 27.8 Å². The number of ether oxygens (including phenoxy) is 2. The van der Waals surface area contributed by atoms with Crippen LogP contribution in [0.4, 0.5) is 26.3 Å². The topological polar surface area (TPSA) is 87.6 Å². The number of alkyl halides is 6. The minimum absolute atomic E-state index is 0.196. The molecule has 0 saturated heterocycles. The molecule has 0 aliphatic carbocycles. The van der Waals surface area contributed by atoms with Crippen LogP contribution in [0.15, 0.2) is 48.5 Å². The van der Waals surface area contributed by atoms with Gasteiger partial charge in [-0.2, -0.15) is 26.3 Å². The molecule has 3 rings (SSSR count). The molecule has 12 heteroatoms. The van der Waals surface area contributed by atoms with Crippen LogP contribution in [-0.4, -0.2) is 49.5 Å². The lowest BCUT2D eigenvalue weighted by molar-refractivity contribution is -0.322. The molecule has 0 radical (unpaired) electrons. The van der Waals surface area contributed by atoms with Crippen LogP contribution in [0.1, 0.15) is 12.5 Å². The summed E-state index contributed by atoms with van der Waals surface area (Å²) in [5.74, 6) is -18.3. The largest absolute Gasteiger partial charge is 0.487 e. The zero-order valence-corrected chi connectivity index (χ0v) is 19.9. The third-order valence-electron chi connectivity index (χ3n) is 5.45. The maximum absolute atomic E-state index is 14.2. The fraction of sp³-hybridized carbons (Fsp3) is 0.375. The summed E-state index contributed by atoms with van der Waals surface area (Å²) in [7, 11) is 0. The van der Waals surface area contributed by atoms with Crippen LogP contribution >= 0.6 is 11.3 Å². The Kier molecular flexibility index (Phi) is 8.21. The number of hydrogen-bond donors (Lipinski definition) is 2. The molecular formula is C24H24F6N2O3S. The number of esters is 1. The van der Waals surface area contributed by atoms with Gasteiger partial charge in [-0.3, -0.25) is 4.79 Å². The second-order valence-corrected chi connectivity index (χ2v) is 9.13. The van der Waals surface area contributed by atoms with E-state index >= 15 is 0 Å².